The van der Waals surface area contributed by atoms with Gasteiger partial charge in [0, 0.05) is 26.1 Å². The molecule has 4 aliphatic carbocycles. The Kier molecular flexibility index (Phi) is 6.27. The minimum absolute atomic E-state index is 0.0185. The Balaban J connectivity index is 1.54. The molecule has 1 N–H and O–H groups in total. The van der Waals surface area contributed by atoms with Crippen LogP contribution < -0.4 is 0 Å². The van der Waals surface area contributed by atoms with Crippen molar-refractivity contribution in [2.24, 2.45) is 45.8 Å². The smallest absolute Gasteiger partial charge is 0.315 e. The Hall–Kier alpha value is -1.28. The molecule has 4 bridgehead atoms. The van der Waals surface area contributed by atoms with Crippen molar-refractivity contribution in [2.45, 2.75) is 84.4 Å². The number of aldehydes is 1. The Bertz CT molecular complexity index is 900. The number of allylic oxidation sites excluding steroid dienone is 1. The summed E-state index contributed by atoms with van der Waals surface area (Å²) in [5.74, 6) is 0.172. The van der Waals surface area contributed by atoms with Crippen LogP contribution in [0, 0.1) is 45.8 Å². The maximum Gasteiger partial charge on any atom is 0.315 e. The first-order valence-electron chi connectivity index (χ1n) is 13.4. The molecule has 7 unspecified atom stereocenters. The number of ether oxygens (including phenoxy) is 4. The van der Waals surface area contributed by atoms with Gasteiger partial charge in [-0.2, -0.15) is 0 Å². The van der Waals surface area contributed by atoms with E-state index in [2.05, 4.69) is 26.8 Å². The highest BCUT2D eigenvalue weighted by molar-refractivity contribution is 5.90. The first kappa shape index (κ1) is 25.4. The summed E-state index contributed by atoms with van der Waals surface area (Å²) in [6, 6.07) is 0. The van der Waals surface area contributed by atoms with Gasteiger partial charge in [-0.05, 0) is 55.8 Å². The van der Waals surface area contributed by atoms with Crippen molar-refractivity contribution in [3.8, 4) is 0 Å². The average Bonchev–Trinajstić information content (AvgIpc) is 3.39. The lowest BCUT2D eigenvalue weighted by Gasteiger charge is -2.58. The largest absolute Gasteiger partial charge is 0.481 e. The lowest BCUT2D eigenvalue weighted by atomic mass is 9.43. The lowest BCUT2D eigenvalue weighted by Crippen LogP contribution is -2.63. The maximum absolute atomic E-state index is 13.5. The van der Waals surface area contributed by atoms with E-state index in [9.17, 15) is 14.7 Å². The molecule has 35 heavy (non-hydrogen) atoms. The van der Waals surface area contributed by atoms with Crippen LogP contribution in [0.5, 0.6) is 0 Å². The van der Waals surface area contributed by atoms with Crippen LogP contribution in [-0.2, 0) is 28.5 Å². The molecule has 1 heterocycles. The van der Waals surface area contributed by atoms with E-state index in [0.29, 0.717) is 24.7 Å². The first-order chi connectivity index (χ1) is 16.6. The first-order valence-corrected chi connectivity index (χ1v) is 13.4. The minimum atomic E-state index is -1.22. The number of carbonyl (C=O) groups excluding carboxylic acids is 1. The van der Waals surface area contributed by atoms with Crippen molar-refractivity contribution in [3.63, 3.8) is 0 Å². The number of carboxylic acid groups (broad SMARTS) is 1. The van der Waals surface area contributed by atoms with E-state index in [1.165, 1.54) is 0 Å². The fourth-order valence-corrected chi connectivity index (χ4v) is 9.56. The summed E-state index contributed by atoms with van der Waals surface area (Å²) < 4.78 is 24.0. The number of rotatable bonds is 8. The Morgan fingerprint density at radius 2 is 1.97 bits per heavy atom. The van der Waals surface area contributed by atoms with Crippen LogP contribution in [0.2, 0.25) is 0 Å². The fraction of sp³-hybridized carbons (Fsp3) is 0.857. The molecule has 5 rings (SSSR count). The molecule has 5 aliphatic rings. The van der Waals surface area contributed by atoms with Crippen molar-refractivity contribution >= 4 is 12.3 Å². The molecule has 0 aromatic heterocycles. The maximum atomic E-state index is 13.5. The van der Waals surface area contributed by atoms with E-state index < -0.39 is 28.5 Å². The molecule has 7 heteroatoms. The third-order valence-electron chi connectivity index (χ3n) is 10.8. The van der Waals surface area contributed by atoms with Crippen molar-refractivity contribution < 1.29 is 33.6 Å². The number of carbonyl (C=O) groups is 2. The predicted octanol–water partition coefficient (Wildman–Crippen LogP) is 4.09. The zero-order valence-corrected chi connectivity index (χ0v) is 22.0. The highest BCUT2D eigenvalue weighted by Gasteiger charge is 2.84. The summed E-state index contributed by atoms with van der Waals surface area (Å²) in [5.41, 5.74) is -1.80. The molecule has 0 aromatic carbocycles. The summed E-state index contributed by atoms with van der Waals surface area (Å²) in [7, 11) is 3.32. The van der Waals surface area contributed by atoms with E-state index in [1.807, 2.05) is 6.92 Å². The summed E-state index contributed by atoms with van der Waals surface area (Å²) >= 11 is 0. The summed E-state index contributed by atoms with van der Waals surface area (Å²) in [4.78, 5) is 26.6. The van der Waals surface area contributed by atoms with Gasteiger partial charge in [0.1, 0.15) is 17.8 Å². The second-order valence-corrected chi connectivity index (χ2v) is 12.3. The van der Waals surface area contributed by atoms with Gasteiger partial charge in [0.2, 0.25) is 0 Å². The molecule has 1 saturated heterocycles. The number of hydrogen-bond donors (Lipinski definition) is 1. The van der Waals surface area contributed by atoms with Crippen LogP contribution in [0.15, 0.2) is 11.6 Å². The third kappa shape index (κ3) is 3.04. The van der Waals surface area contributed by atoms with Gasteiger partial charge in [-0.3, -0.25) is 4.79 Å². The van der Waals surface area contributed by atoms with Gasteiger partial charge in [0.25, 0.3) is 0 Å². The normalized spacial score (nSPS) is 50.3. The van der Waals surface area contributed by atoms with Crippen LogP contribution in [0.4, 0.5) is 0 Å². The summed E-state index contributed by atoms with van der Waals surface area (Å²) in [5, 5.41) is 11.1. The Morgan fingerprint density at radius 1 is 1.23 bits per heavy atom. The second kappa shape index (κ2) is 8.64. The molecule has 11 atom stereocenters. The minimum Gasteiger partial charge on any atom is -0.481 e. The highest BCUT2D eigenvalue weighted by Crippen LogP contribution is 2.82. The number of fused-ring (bicyclic) bond motifs is 2. The molecule has 0 spiro atoms. The standard InChI is InChI=1S/C28H42O7/c1-15(2)21-9-18-11-26(13-29)20-8-7-16(3)19(20)12-27(18,28(21,26)25(30)31)14-34-23-10-22(32-5)24(33-6)17(4)35-23/h9,13,15-20,22-24H,7-8,10-12,14H2,1-6H3,(H,30,31)/t16?,17-,18?,19?,20?,22+,23-,24-,26?,27?,28?/m1/s1. The van der Waals surface area contributed by atoms with Gasteiger partial charge in [-0.1, -0.05) is 38.8 Å². The van der Waals surface area contributed by atoms with Crippen LogP contribution in [0.3, 0.4) is 0 Å². The van der Waals surface area contributed by atoms with E-state index in [0.717, 1.165) is 31.1 Å². The van der Waals surface area contributed by atoms with Crippen molar-refractivity contribution in [3.05, 3.63) is 11.6 Å². The molecule has 1 aliphatic heterocycles. The molecule has 3 saturated carbocycles. The van der Waals surface area contributed by atoms with Crippen LogP contribution in [0.25, 0.3) is 0 Å². The Morgan fingerprint density at radius 3 is 2.57 bits per heavy atom. The van der Waals surface area contributed by atoms with Crippen molar-refractivity contribution in [2.75, 3.05) is 20.8 Å². The SMILES string of the molecule is CO[C@H]1[C@@H](OC)C[C@H](OCC23CC4C(C)CCC4C4(C=O)CC2C=C(C(C)C)C43C(=O)O)O[C@@H]1C. The van der Waals surface area contributed by atoms with E-state index in [4.69, 9.17) is 18.9 Å². The van der Waals surface area contributed by atoms with Crippen LogP contribution >= 0.6 is 0 Å². The van der Waals surface area contributed by atoms with Gasteiger partial charge >= 0.3 is 5.97 Å². The monoisotopic (exact) mass is 490 g/mol. The average molecular weight is 491 g/mol. The molecule has 4 fully saturated rings. The molecule has 0 amide bonds. The number of aliphatic carboxylic acids is 1. The molecular weight excluding hydrogens is 448 g/mol. The van der Waals surface area contributed by atoms with E-state index in [1.54, 1.807) is 14.2 Å². The third-order valence-corrected chi connectivity index (χ3v) is 10.8. The second-order valence-electron chi connectivity index (χ2n) is 12.3. The van der Waals surface area contributed by atoms with Crippen LogP contribution in [0.1, 0.15) is 59.8 Å². The van der Waals surface area contributed by atoms with E-state index in [-0.39, 0.29) is 42.7 Å². The van der Waals surface area contributed by atoms with Crippen molar-refractivity contribution in [1.29, 1.82) is 0 Å². The Labute approximate surface area is 208 Å². The van der Waals surface area contributed by atoms with Gasteiger partial charge < -0.3 is 28.8 Å². The molecule has 196 valence electrons. The molecular formula is C28H42O7. The zero-order chi connectivity index (χ0) is 25.3. The van der Waals surface area contributed by atoms with Gasteiger partial charge in [-0.25, -0.2) is 0 Å². The number of carboxylic acids is 1. The predicted molar refractivity (Wildman–Crippen MR) is 129 cm³/mol. The summed E-state index contributed by atoms with van der Waals surface area (Å²) in [6.45, 7) is 8.62. The lowest BCUT2D eigenvalue weighted by molar-refractivity contribution is -0.269. The quantitative estimate of drug-likeness (QED) is 0.405. The van der Waals surface area contributed by atoms with E-state index >= 15 is 0 Å². The summed E-state index contributed by atoms with van der Waals surface area (Å²) in [6.07, 6.45) is 6.12. The molecule has 0 radical (unpaired) electrons. The van der Waals surface area contributed by atoms with Gasteiger partial charge in [0.15, 0.2) is 6.29 Å². The topological polar surface area (TPSA) is 91.3 Å². The number of hydrogen-bond acceptors (Lipinski definition) is 6. The number of methoxy groups -OCH3 is 2. The molecule has 7 nitrogen and oxygen atoms in total. The van der Waals surface area contributed by atoms with Gasteiger partial charge in [0.05, 0.1) is 24.2 Å². The van der Waals surface area contributed by atoms with Crippen LogP contribution in [-0.4, -0.2) is 62.8 Å². The molecule has 0 aromatic rings. The van der Waals surface area contributed by atoms with Crippen molar-refractivity contribution in [1.82, 2.24) is 0 Å². The van der Waals surface area contributed by atoms with Gasteiger partial charge in [-0.15, -0.1) is 0 Å². The fourth-order valence-electron chi connectivity index (χ4n) is 9.56. The highest BCUT2D eigenvalue weighted by atomic mass is 16.7. The zero-order valence-electron chi connectivity index (χ0n) is 22.0.